The van der Waals surface area contributed by atoms with Crippen LogP contribution in [-0.2, 0) is 0 Å². The van der Waals surface area contributed by atoms with Crippen molar-refractivity contribution in [1.29, 1.82) is 0 Å². The molecular weight excluding hydrogens is 223 g/mol. The molecule has 0 bridgehead atoms. The van der Waals surface area contributed by atoms with Crippen LogP contribution in [0.1, 0.15) is 13.8 Å². The van der Waals surface area contributed by atoms with Crippen LogP contribution >= 0.6 is 22.6 Å². The van der Waals surface area contributed by atoms with Crippen LogP contribution in [-0.4, -0.2) is 3.92 Å². The van der Waals surface area contributed by atoms with E-state index in [1.54, 1.807) is 0 Å². The minimum absolute atomic E-state index is 0.701. The fraction of sp³-hybridized carbons (Fsp3) is 0.500. The van der Waals surface area contributed by atoms with E-state index in [1.807, 2.05) is 0 Å². The van der Waals surface area contributed by atoms with Gasteiger partial charge in [-0.3, -0.25) is 0 Å². The van der Waals surface area contributed by atoms with E-state index in [1.165, 1.54) is 5.57 Å². The molecule has 1 aliphatic carbocycles. The zero-order valence-electron chi connectivity index (χ0n) is 5.76. The Bertz CT molecular complexity index is 156. The Morgan fingerprint density at radius 1 is 1.56 bits per heavy atom. The lowest BCUT2D eigenvalue weighted by molar-refractivity contribution is 0.767. The largest absolute Gasteiger partial charge is 0.0801 e. The molecule has 0 saturated carbocycles. The van der Waals surface area contributed by atoms with E-state index in [0.717, 1.165) is 0 Å². The van der Waals surface area contributed by atoms with E-state index in [2.05, 4.69) is 54.7 Å². The third-order valence-corrected chi connectivity index (χ3v) is 3.08. The molecule has 2 unspecified atom stereocenters. The van der Waals surface area contributed by atoms with Crippen LogP contribution in [0.2, 0.25) is 0 Å². The zero-order valence-corrected chi connectivity index (χ0v) is 7.92. The van der Waals surface area contributed by atoms with Crippen LogP contribution in [0.25, 0.3) is 0 Å². The van der Waals surface area contributed by atoms with Gasteiger partial charge in [-0.1, -0.05) is 53.3 Å². The van der Waals surface area contributed by atoms with Gasteiger partial charge in [0, 0.05) is 3.92 Å². The molecule has 0 amide bonds. The molecule has 0 saturated heterocycles. The maximum atomic E-state index is 2.47. The van der Waals surface area contributed by atoms with Gasteiger partial charge in [-0.05, 0) is 12.8 Å². The average Bonchev–Trinajstić information content (AvgIpc) is 1.80. The normalized spacial score (nSPS) is 34.3. The summed E-state index contributed by atoms with van der Waals surface area (Å²) >= 11 is 2.47. The highest BCUT2D eigenvalue weighted by Gasteiger charge is 2.10. The molecule has 0 fully saturated rings. The van der Waals surface area contributed by atoms with Crippen molar-refractivity contribution in [3.63, 3.8) is 0 Å². The van der Waals surface area contributed by atoms with E-state index >= 15 is 0 Å². The number of rotatable bonds is 0. The SMILES string of the molecule is CC1=CC(I)C(C)C=C1. The monoisotopic (exact) mass is 234 g/mol. The molecule has 0 N–H and O–H groups in total. The Labute approximate surface area is 70.2 Å². The number of hydrogen-bond donors (Lipinski definition) is 0. The first-order valence-electron chi connectivity index (χ1n) is 3.21. The van der Waals surface area contributed by atoms with Gasteiger partial charge in [-0.25, -0.2) is 0 Å². The van der Waals surface area contributed by atoms with Gasteiger partial charge in [0.15, 0.2) is 0 Å². The topological polar surface area (TPSA) is 0 Å². The van der Waals surface area contributed by atoms with Crippen molar-refractivity contribution < 1.29 is 0 Å². The highest BCUT2D eigenvalue weighted by atomic mass is 127. The molecule has 1 heteroatoms. The van der Waals surface area contributed by atoms with Crippen molar-refractivity contribution in [1.82, 2.24) is 0 Å². The summed E-state index contributed by atoms with van der Waals surface area (Å²) in [6.45, 7) is 4.39. The standard InChI is InChI=1S/C8H11I/c1-6-3-4-7(2)8(9)5-6/h3-5,7-8H,1-2H3. The number of allylic oxidation sites excluding steroid dienone is 4. The number of alkyl halides is 1. The van der Waals surface area contributed by atoms with Crippen LogP contribution in [0, 0.1) is 5.92 Å². The van der Waals surface area contributed by atoms with Crippen molar-refractivity contribution in [2.45, 2.75) is 17.8 Å². The number of halogens is 1. The first-order valence-corrected chi connectivity index (χ1v) is 4.45. The van der Waals surface area contributed by atoms with Crippen molar-refractivity contribution in [3.8, 4) is 0 Å². The molecule has 0 radical (unpaired) electrons. The Morgan fingerprint density at radius 2 is 2.22 bits per heavy atom. The molecule has 50 valence electrons. The minimum Gasteiger partial charge on any atom is -0.0801 e. The molecule has 0 spiro atoms. The van der Waals surface area contributed by atoms with Crippen molar-refractivity contribution >= 4 is 22.6 Å². The quantitative estimate of drug-likeness (QED) is 0.446. The van der Waals surface area contributed by atoms with E-state index in [0.29, 0.717) is 9.84 Å². The Hall–Kier alpha value is 0.210. The van der Waals surface area contributed by atoms with Crippen LogP contribution in [0.3, 0.4) is 0 Å². The molecule has 1 rings (SSSR count). The summed E-state index contributed by atoms with van der Waals surface area (Å²) < 4.78 is 0.701. The van der Waals surface area contributed by atoms with Gasteiger partial charge >= 0.3 is 0 Å². The summed E-state index contributed by atoms with van der Waals surface area (Å²) in [4.78, 5) is 0. The fourth-order valence-electron chi connectivity index (χ4n) is 0.868. The third-order valence-electron chi connectivity index (χ3n) is 1.59. The summed E-state index contributed by atoms with van der Waals surface area (Å²) in [7, 11) is 0. The molecule has 0 aromatic heterocycles. The molecule has 0 aromatic carbocycles. The molecule has 2 atom stereocenters. The van der Waals surface area contributed by atoms with Crippen molar-refractivity contribution in [2.75, 3.05) is 0 Å². The lowest BCUT2D eigenvalue weighted by atomic mass is 10.00. The van der Waals surface area contributed by atoms with Crippen LogP contribution in [0.5, 0.6) is 0 Å². The summed E-state index contributed by atoms with van der Waals surface area (Å²) in [5, 5.41) is 0. The lowest BCUT2D eigenvalue weighted by Crippen LogP contribution is -2.08. The van der Waals surface area contributed by atoms with Gasteiger partial charge in [0.05, 0.1) is 0 Å². The van der Waals surface area contributed by atoms with Crippen molar-refractivity contribution in [3.05, 3.63) is 23.8 Å². The fourth-order valence-corrected chi connectivity index (χ4v) is 1.68. The minimum atomic E-state index is 0.701. The summed E-state index contributed by atoms with van der Waals surface area (Å²) in [5.41, 5.74) is 1.40. The first-order chi connectivity index (χ1) is 4.20. The predicted molar refractivity (Wildman–Crippen MR) is 49.9 cm³/mol. The van der Waals surface area contributed by atoms with E-state index in [-0.39, 0.29) is 0 Å². The average molecular weight is 234 g/mol. The van der Waals surface area contributed by atoms with E-state index in [9.17, 15) is 0 Å². The molecule has 1 aliphatic rings. The second-order valence-electron chi connectivity index (χ2n) is 2.57. The smallest absolute Gasteiger partial charge is 0.0355 e. The summed E-state index contributed by atoms with van der Waals surface area (Å²) in [6, 6.07) is 0. The second-order valence-corrected chi connectivity index (χ2v) is 4.01. The van der Waals surface area contributed by atoms with Gasteiger partial charge in [-0.2, -0.15) is 0 Å². The van der Waals surface area contributed by atoms with E-state index in [4.69, 9.17) is 0 Å². The number of hydrogen-bond acceptors (Lipinski definition) is 0. The predicted octanol–water partition coefficient (Wildman–Crippen LogP) is 2.94. The van der Waals surface area contributed by atoms with Crippen molar-refractivity contribution in [2.24, 2.45) is 5.92 Å². The van der Waals surface area contributed by atoms with Gasteiger partial charge in [-0.15, -0.1) is 0 Å². The Kier molecular flexibility index (Phi) is 2.33. The third kappa shape index (κ3) is 1.81. The van der Waals surface area contributed by atoms with E-state index < -0.39 is 0 Å². The molecule has 0 aliphatic heterocycles. The molecular formula is C8H11I. The summed E-state index contributed by atoms with van der Waals surface area (Å²) in [6.07, 6.45) is 6.78. The van der Waals surface area contributed by atoms with Gasteiger partial charge in [0.25, 0.3) is 0 Å². The van der Waals surface area contributed by atoms with Gasteiger partial charge in [0.2, 0.25) is 0 Å². The Morgan fingerprint density at radius 3 is 2.67 bits per heavy atom. The van der Waals surface area contributed by atoms with Crippen LogP contribution in [0.15, 0.2) is 23.8 Å². The van der Waals surface area contributed by atoms with Crippen LogP contribution in [0.4, 0.5) is 0 Å². The molecule has 0 aromatic rings. The second kappa shape index (κ2) is 2.86. The first kappa shape index (κ1) is 7.32. The zero-order chi connectivity index (χ0) is 6.85. The maximum Gasteiger partial charge on any atom is 0.0355 e. The highest BCUT2D eigenvalue weighted by molar-refractivity contribution is 14.1. The van der Waals surface area contributed by atoms with Crippen LogP contribution < -0.4 is 0 Å². The molecule has 0 heterocycles. The molecule has 0 nitrogen and oxygen atoms in total. The van der Waals surface area contributed by atoms with Gasteiger partial charge < -0.3 is 0 Å². The maximum absolute atomic E-state index is 2.47. The summed E-state index contributed by atoms with van der Waals surface area (Å²) in [5.74, 6) is 0.717. The Balaban J connectivity index is 2.70. The highest BCUT2D eigenvalue weighted by Crippen LogP contribution is 2.22. The molecule has 9 heavy (non-hydrogen) atoms. The van der Waals surface area contributed by atoms with Gasteiger partial charge in [0.1, 0.15) is 0 Å². The lowest BCUT2D eigenvalue weighted by Gasteiger charge is -2.15.